The number of hydrogen-bond acceptors (Lipinski definition) is 16. The topological polar surface area (TPSA) is 237 Å². The van der Waals surface area contributed by atoms with E-state index in [1.165, 1.54) is 18.3 Å². The van der Waals surface area contributed by atoms with Gasteiger partial charge in [-0.1, -0.05) is 60.5 Å². The SMILES string of the molecule is CCC(=O)/N=C1\[C@H](C)C[C@@]2(C)CC/C(=N/OCc3ccc(-c4nc(NC(=O)[C@@H](N)CC(C)C)cs4)cn3)CC[C@H]([C@H]1C)[C@](C)(O)[C@@H](CC)OC(=O)[C@@](C)(F)C(=O)C(C)[C@H]2O[C@@H]1O[C@H](C)C[C@H](N(C)C)[C@H]1O. The standard InChI is InChI=1S/C52H80FN7O10S/c1-14-39-52(11,66)36-19-18-34(59-67-26-35-17-16-33(25-55-35)47-57-40(27-71-47)56-46(64)37(54)22-28(3)4)20-21-50(9,24-29(5)42(31(36)7)58-41(61)15-2)45(32(8)44(63)51(10,53)49(65)69-39)70-48-43(62)38(60(12)13)23-30(6)68-48/h16-17,25,27-32,36-39,43,45,48,62,66H,14-15,18-24,26,54H2,1-13H3,(H,56,64)/b58-42+,59-34+/t29-,30-,31-,32?,36-,37+,38+,39-,43-,45-,48+,50-,51+,52+/m1/s1. The molecule has 5 rings (SSSR count). The molecule has 14 atom stereocenters. The lowest BCUT2D eigenvalue weighted by molar-refractivity contribution is -0.287. The lowest BCUT2D eigenvalue weighted by atomic mass is 9.65. The van der Waals surface area contributed by atoms with Crippen LogP contribution in [0.25, 0.3) is 10.6 Å². The number of thiazole rings is 1. The van der Waals surface area contributed by atoms with E-state index in [2.05, 4.69) is 15.3 Å². The molecule has 3 aliphatic rings. The van der Waals surface area contributed by atoms with Crippen molar-refractivity contribution in [2.45, 2.75) is 195 Å². The van der Waals surface area contributed by atoms with E-state index in [1.54, 1.807) is 38.4 Å². The number of oxime groups is 1. The molecule has 1 saturated carbocycles. The molecule has 17 nitrogen and oxygen atoms in total. The summed E-state index contributed by atoms with van der Waals surface area (Å²) < 4.78 is 36.1. The fraction of sp³-hybridized carbons (Fsp3) is 0.731. The summed E-state index contributed by atoms with van der Waals surface area (Å²) in [7, 11) is 3.69. The molecule has 0 aromatic carbocycles. The van der Waals surface area contributed by atoms with Crippen molar-refractivity contribution in [1.82, 2.24) is 14.9 Å². The van der Waals surface area contributed by atoms with Crippen molar-refractivity contribution in [2.75, 3.05) is 19.4 Å². The van der Waals surface area contributed by atoms with E-state index in [9.17, 15) is 29.4 Å². The number of anilines is 1. The van der Waals surface area contributed by atoms with Gasteiger partial charge in [0.25, 0.3) is 5.67 Å². The molecule has 19 heteroatoms. The zero-order chi connectivity index (χ0) is 52.7. The summed E-state index contributed by atoms with van der Waals surface area (Å²) in [5.41, 5.74) is 2.49. The molecule has 0 radical (unpaired) electrons. The Morgan fingerprint density at radius 1 is 1.10 bits per heavy atom. The van der Waals surface area contributed by atoms with Gasteiger partial charge in [0.15, 0.2) is 18.7 Å². The van der Waals surface area contributed by atoms with Crippen molar-refractivity contribution in [1.29, 1.82) is 0 Å². The van der Waals surface area contributed by atoms with Gasteiger partial charge in [0, 0.05) is 47.2 Å². The molecular formula is C52H80FN7O10S. The van der Waals surface area contributed by atoms with Gasteiger partial charge in [-0.25, -0.2) is 19.2 Å². The zero-order valence-corrected chi connectivity index (χ0v) is 44.9. The van der Waals surface area contributed by atoms with Crippen molar-refractivity contribution in [3.63, 3.8) is 0 Å². The van der Waals surface area contributed by atoms with E-state index in [1.807, 2.05) is 66.6 Å². The maximum Gasteiger partial charge on any atom is 0.351 e. The highest BCUT2D eigenvalue weighted by molar-refractivity contribution is 7.13. The number of nitrogens with zero attached hydrogens (tertiary/aromatic N) is 5. The number of likely N-dealkylation sites (N-methyl/N-ethyl adjacent to an activating group) is 1. The number of aliphatic hydroxyl groups is 2. The number of aliphatic hydroxyl groups excluding tert-OH is 1. The third-order valence-corrected chi connectivity index (χ3v) is 15.8. The van der Waals surface area contributed by atoms with E-state index >= 15 is 4.39 Å². The van der Waals surface area contributed by atoms with Crippen LogP contribution in [0.3, 0.4) is 0 Å². The highest BCUT2D eigenvalue weighted by Crippen LogP contribution is 2.47. The van der Waals surface area contributed by atoms with Gasteiger partial charge in [-0.15, -0.1) is 11.3 Å². The highest BCUT2D eigenvalue weighted by Gasteiger charge is 2.56. The van der Waals surface area contributed by atoms with E-state index in [0.717, 1.165) is 12.5 Å². The summed E-state index contributed by atoms with van der Waals surface area (Å²) in [6, 6.07) is 2.64. The fourth-order valence-corrected chi connectivity index (χ4v) is 11.6. The Hall–Kier alpha value is -4.11. The highest BCUT2D eigenvalue weighted by atomic mass is 32.1. The van der Waals surface area contributed by atoms with E-state index in [-0.39, 0.29) is 62.2 Å². The summed E-state index contributed by atoms with van der Waals surface area (Å²) in [5, 5.41) is 34.4. The fourth-order valence-electron chi connectivity index (χ4n) is 10.8. The Kier molecular flexibility index (Phi) is 19.8. The van der Waals surface area contributed by atoms with Crippen molar-refractivity contribution in [3.8, 4) is 10.6 Å². The smallest absolute Gasteiger partial charge is 0.351 e. The third kappa shape index (κ3) is 13.9. The number of Topliss-reactive ketones (excluding diaryl/α,β-unsaturated/α-hetero) is 1. The number of amides is 2. The van der Waals surface area contributed by atoms with Gasteiger partial charge < -0.3 is 45.2 Å². The summed E-state index contributed by atoms with van der Waals surface area (Å²) in [5.74, 6) is -5.55. The molecule has 5 N–H and O–H groups in total. The van der Waals surface area contributed by atoms with Crippen LogP contribution in [0.15, 0.2) is 33.9 Å². The minimum atomic E-state index is -3.15. The Labute approximate surface area is 423 Å². The van der Waals surface area contributed by atoms with Crippen LogP contribution in [0.2, 0.25) is 0 Å². The van der Waals surface area contributed by atoms with Crippen LogP contribution < -0.4 is 11.1 Å². The van der Waals surface area contributed by atoms with Gasteiger partial charge in [-0.2, -0.15) is 0 Å². The number of hydrogen-bond donors (Lipinski definition) is 4. The number of carbonyl (C=O) groups is 4. The molecule has 2 bridgehead atoms. The van der Waals surface area contributed by atoms with Crippen LogP contribution >= 0.6 is 11.3 Å². The second-order valence-corrected chi connectivity index (χ2v) is 22.4. The number of nitrogens with two attached hydrogens (primary N) is 1. The van der Waals surface area contributed by atoms with E-state index < -0.39 is 82.8 Å². The molecule has 0 spiro atoms. The van der Waals surface area contributed by atoms with Crippen LogP contribution in [-0.2, 0) is 44.8 Å². The second-order valence-electron chi connectivity index (χ2n) is 21.5. The van der Waals surface area contributed by atoms with Gasteiger partial charge in [0.05, 0.1) is 29.7 Å². The number of aliphatic imine (C=N–C) groups is 1. The molecule has 4 heterocycles. The maximum absolute atomic E-state index is 17.1. The van der Waals surface area contributed by atoms with Crippen molar-refractivity contribution < 1.29 is 52.8 Å². The number of carbonyl (C=O) groups excluding carboxylic acids is 4. The number of fused-ring (bicyclic) bond motifs is 5. The predicted octanol–water partition coefficient (Wildman–Crippen LogP) is 7.46. The molecule has 2 amide bonds. The monoisotopic (exact) mass is 1010 g/mol. The normalized spacial score (nSPS) is 35.1. The van der Waals surface area contributed by atoms with Crippen LogP contribution in [0.5, 0.6) is 0 Å². The molecule has 3 fully saturated rings. The Balaban J connectivity index is 1.57. The Morgan fingerprint density at radius 3 is 2.42 bits per heavy atom. The first-order chi connectivity index (χ1) is 33.2. The third-order valence-electron chi connectivity index (χ3n) is 14.9. The number of aromatic nitrogens is 2. The van der Waals surface area contributed by atoms with Crippen molar-refractivity contribution in [2.24, 2.45) is 50.9 Å². The minimum absolute atomic E-state index is 0.000822. The van der Waals surface area contributed by atoms with Gasteiger partial charge in [-0.3, -0.25) is 19.4 Å². The summed E-state index contributed by atoms with van der Waals surface area (Å²) in [4.78, 5) is 76.4. The number of esters is 1. The number of halogens is 1. The first-order valence-electron chi connectivity index (χ1n) is 25.3. The van der Waals surface area contributed by atoms with E-state index in [4.69, 9.17) is 34.9 Å². The average Bonchev–Trinajstić information content (AvgIpc) is 3.77. The van der Waals surface area contributed by atoms with Gasteiger partial charge >= 0.3 is 5.97 Å². The zero-order valence-electron chi connectivity index (χ0n) is 44.1. The van der Waals surface area contributed by atoms with Crippen LogP contribution in [-0.4, -0.2) is 128 Å². The molecule has 2 aliphatic heterocycles. The number of pyridine rings is 1. The minimum Gasteiger partial charge on any atom is -0.457 e. The first kappa shape index (κ1) is 57.8. The lowest BCUT2D eigenvalue weighted by Crippen LogP contribution is -2.59. The first-order valence-corrected chi connectivity index (χ1v) is 26.2. The van der Waals surface area contributed by atoms with Gasteiger partial charge in [0.1, 0.15) is 28.6 Å². The average molecular weight is 1010 g/mol. The van der Waals surface area contributed by atoms with Crippen molar-refractivity contribution in [3.05, 3.63) is 29.4 Å². The molecule has 1 unspecified atom stereocenters. The molecule has 1 aliphatic carbocycles. The van der Waals surface area contributed by atoms with Crippen LogP contribution in [0, 0.1) is 35.0 Å². The van der Waals surface area contributed by atoms with Crippen molar-refractivity contribution >= 4 is 52.1 Å². The largest absolute Gasteiger partial charge is 0.457 e. The number of cyclic esters (lactones) is 1. The molecule has 71 heavy (non-hydrogen) atoms. The number of ketones is 1. The van der Waals surface area contributed by atoms with Crippen LogP contribution in [0.1, 0.15) is 140 Å². The number of rotatable bonds is 13. The number of alkyl halides is 1. The molecule has 2 aromatic rings. The van der Waals surface area contributed by atoms with Crippen LogP contribution in [0.4, 0.5) is 10.2 Å². The lowest BCUT2D eigenvalue weighted by Gasteiger charge is -2.48. The summed E-state index contributed by atoms with van der Waals surface area (Å²) >= 11 is 1.36. The van der Waals surface area contributed by atoms with Gasteiger partial charge in [0.2, 0.25) is 11.8 Å². The Morgan fingerprint density at radius 2 is 1.80 bits per heavy atom. The quantitative estimate of drug-likeness (QED) is 0.0866. The molecule has 2 aromatic heterocycles. The van der Waals surface area contributed by atoms with E-state index in [0.29, 0.717) is 60.0 Å². The number of nitrogens with one attached hydrogen (secondary N) is 1. The maximum atomic E-state index is 17.1. The van der Waals surface area contributed by atoms with Gasteiger partial charge in [-0.05, 0) is 122 Å². The Bertz CT molecular complexity index is 2220. The molecular weight excluding hydrogens is 934 g/mol. The summed E-state index contributed by atoms with van der Waals surface area (Å²) in [6.07, 6.45) is -0.842. The molecule has 2 saturated heterocycles. The summed E-state index contributed by atoms with van der Waals surface area (Å²) in [6.45, 7) is 19.0. The number of ether oxygens (including phenoxy) is 3. The molecule has 396 valence electrons. The predicted molar refractivity (Wildman–Crippen MR) is 271 cm³/mol. The second kappa shape index (κ2) is 24.3.